The highest BCUT2D eigenvalue weighted by atomic mass is 32.2. The Morgan fingerprint density at radius 1 is 1.24 bits per heavy atom. The van der Waals surface area contributed by atoms with Crippen LogP contribution in [0.15, 0.2) is 42.5 Å². The summed E-state index contributed by atoms with van der Waals surface area (Å²) in [5, 5.41) is 8.97. The van der Waals surface area contributed by atoms with E-state index >= 15 is 0 Å². The Bertz CT molecular complexity index is 811. The molecular weight excluding hydrogens is 291 g/mol. The highest BCUT2D eigenvalue weighted by Crippen LogP contribution is 2.18. The highest BCUT2D eigenvalue weighted by Gasteiger charge is 2.14. The van der Waals surface area contributed by atoms with Crippen molar-refractivity contribution in [2.45, 2.75) is 12.7 Å². The first kappa shape index (κ1) is 15.0. The molecule has 0 saturated heterocycles. The van der Waals surface area contributed by atoms with Crippen molar-refractivity contribution in [3.63, 3.8) is 0 Å². The van der Waals surface area contributed by atoms with E-state index in [0.717, 1.165) is 0 Å². The van der Waals surface area contributed by atoms with Crippen LogP contribution in [0.4, 0.5) is 10.1 Å². The van der Waals surface area contributed by atoms with Gasteiger partial charge in [0.1, 0.15) is 5.82 Å². The predicted molar refractivity (Wildman–Crippen MR) is 78.5 cm³/mol. The maximum Gasteiger partial charge on any atom is 0.236 e. The Hall–Kier alpha value is -2.39. The zero-order valence-corrected chi connectivity index (χ0v) is 12.1. The van der Waals surface area contributed by atoms with Crippen molar-refractivity contribution in [3.8, 4) is 6.07 Å². The van der Waals surface area contributed by atoms with Gasteiger partial charge in [-0.05, 0) is 42.3 Å². The molecule has 0 aliphatic heterocycles. The number of hydrogen-bond acceptors (Lipinski definition) is 3. The molecule has 1 N–H and O–H groups in total. The van der Waals surface area contributed by atoms with Crippen LogP contribution >= 0.6 is 0 Å². The Kier molecular flexibility index (Phi) is 4.24. The summed E-state index contributed by atoms with van der Waals surface area (Å²) in [5.74, 6) is -0.708. The summed E-state index contributed by atoms with van der Waals surface area (Å²) >= 11 is 0. The molecule has 2 rings (SSSR count). The Labute approximate surface area is 122 Å². The summed E-state index contributed by atoms with van der Waals surface area (Å²) in [7, 11) is -3.67. The molecule has 0 atom stereocenters. The minimum atomic E-state index is -3.67. The summed E-state index contributed by atoms with van der Waals surface area (Å²) in [5.41, 5.74) is 1.39. The number of aryl methyl sites for hydroxylation is 1. The third kappa shape index (κ3) is 3.80. The lowest BCUT2D eigenvalue weighted by Crippen LogP contribution is -2.16. The summed E-state index contributed by atoms with van der Waals surface area (Å²) in [6.45, 7) is 1.55. The molecule has 0 unspecified atom stereocenters. The van der Waals surface area contributed by atoms with Gasteiger partial charge in [0.05, 0.1) is 17.4 Å². The van der Waals surface area contributed by atoms with Gasteiger partial charge in [0, 0.05) is 5.69 Å². The molecule has 0 amide bonds. The average Bonchev–Trinajstić information content (AvgIpc) is 2.43. The van der Waals surface area contributed by atoms with E-state index in [1.807, 2.05) is 6.07 Å². The second kappa shape index (κ2) is 5.94. The number of nitrogens with one attached hydrogen (secondary N) is 1. The zero-order chi connectivity index (χ0) is 15.5. The van der Waals surface area contributed by atoms with Gasteiger partial charge in [-0.2, -0.15) is 5.26 Å². The minimum Gasteiger partial charge on any atom is -0.283 e. The maximum absolute atomic E-state index is 13.2. The van der Waals surface area contributed by atoms with E-state index in [2.05, 4.69) is 4.72 Å². The summed E-state index contributed by atoms with van der Waals surface area (Å²) in [6, 6.07) is 12.4. The van der Waals surface area contributed by atoms with Crippen molar-refractivity contribution in [1.29, 1.82) is 5.26 Å². The molecule has 6 heteroatoms. The first-order valence-electron chi connectivity index (χ1n) is 6.16. The fourth-order valence-electron chi connectivity index (χ4n) is 1.88. The zero-order valence-electron chi connectivity index (χ0n) is 11.3. The van der Waals surface area contributed by atoms with Gasteiger partial charge >= 0.3 is 0 Å². The van der Waals surface area contributed by atoms with E-state index in [1.54, 1.807) is 31.2 Å². The molecule has 2 aromatic carbocycles. The number of halogens is 1. The van der Waals surface area contributed by atoms with Gasteiger partial charge in [0.25, 0.3) is 0 Å². The standard InChI is InChI=1S/C15H13FN2O2S/c1-11-8-14(6-7-15(11)16)18-21(19,20)10-13-5-3-2-4-12(13)9-17/h2-8,18H,10H2,1H3. The monoisotopic (exact) mass is 304 g/mol. The van der Waals surface area contributed by atoms with Crippen molar-refractivity contribution in [1.82, 2.24) is 0 Å². The van der Waals surface area contributed by atoms with Crippen molar-refractivity contribution in [2.24, 2.45) is 0 Å². The molecular formula is C15H13FN2O2S. The van der Waals surface area contributed by atoms with Crippen molar-refractivity contribution in [2.75, 3.05) is 4.72 Å². The van der Waals surface area contributed by atoms with Gasteiger partial charge in [0.2, 0.25) is 10.0 Å². The fraction of sp³-hybridized carbons (Fsp3) is 0.133. The highest BCUT2D eigenvalue weighted by molar-refractivity contribution is 7.91. The van der Waals surface area contributed by atoms with E-state index in [4.69, 9.17) is 5.26 Å². The molecule has 4 nitrogen and oxygen atoms in total. The van der Waals surface area contributed by atoms with E-state index in [9.17, 15) is 12.8 Å². The summed E-state index contributed by atoms with van der Waals surface area (Å²) < 4.78 is 39.8. The van der Waals surface area contributed by atoms with Crippen molar-refractivity contribution in [3.05, 3.63) is 65.0 Å². The van der Waals surface area contributed by atoms with Crippen LogP contribution in [-0.2, 0) is 15.8 Å². The average molecular weight is 304 g/mol. The van der Waals surface area contributed by atoms with Crippen molar-refractivity contribution < 1.29 is 12.8 Å². The summed E-state index contributed by atoms with van der Waals surface area (Å²) in [4.78, 5) is 0. The van der Waals surface area contributed by atoms with Crippen LogP contribution in [0.5, 0.6) is 0 Å². The maximum atomic E-state index is 13.2. The first-order valence-corrected chi connectivity index (χ1v) is 7.81. The Morgan fingerprint density at radius 3 is 2.62 bits per heavy atom. The minimum absolute atomic E-state index is 0.295. The van der Waals surface area contributed by atoms with Crippen LogP contribution in [0, 0.1) is 24.1 Å². The SMILES string of the molecule is Cc1cc(NS(=O)(=O)Cc2ccccc2C#N)ccc1F. The van der Waals surface area contributed by atoms with Gasteiger partial charge in [-0.15, -0.1) is 0 Å². The third-order valence-electron chi connectivity index (χ3n) is 2.91. The van der Waals surface area contributed by atoms with Gasteiger partial charge in [-0.3, -0.25) is 4.72 Å². The molecule has 108 valence electrons. The number of benzene rings is 2. The van der Waals surface area contributed by atoms with Crippen LogP contribution in [-0.4, -0.2) is 8.42 Å². The lowest BCUT2D eigenvalue weighted by Gasteiger charge is -2.10. The van der Waals surface area contributed by atoms with Crippen LogP contribution in [0.1, 0.15) is 16.7 Å². The van der Waals surface area contributed by atoms with E-state index < -0.39 is 15.8 Å². The molecule has 0 spiro atoms. The lowest BCUT2D eigenvalue weighted by molar-refractivity contribution is 0.600. The molecule has 0 radical (unpaired) electrons. The largest absolute Gasteiger partial charge is 0.283 e. The predicted octanol–water partition coefficient (Wildman–Crippen LogP) is 2.95. The quantitative estimate of drug-likeness (QED) is 0.944. The number of nitriles is 1. The molecule has 0 aromatic heterocycles. The molecule has 0 aliphatic carbocycles. The Balaban J connectivity index is 2.23. The first-order chi connectivity index (χ1) is 9.91. The van der Waals surface area contributed by atoms with E-state index in [1.165, 1.54) is 18.2 Å². The second-order valence-electron chi connectivity index (χ2n) is 4.59. The smallest absolute Gasteiger partial charge is 0.236 e. The topological polar surface area (TPSA) is 70.0 Å². The van der Waals surface area contributed by atoms with Gasteiger partial charge < -0.3 is 0 Å². The van der Waals surface area contributed by atoms with Crippen LogP contribution in [0.3, 0.4) is 0 Å². The number of sulfonamides is 1. The van der Waals surface area contributed by atoms with Crippen LogP contribution < -0.4 is 4.72 Å². The summed E-state index contributed by atoms with van der Waals surface area (Å²) in [6.07, 6.45) is 0. The van der Waals surface area contributed by atoms with E-state index in [0.29, 0.717) is 22.4 Å². The molecule has 0 fully saturated rings. The molecule has 0 saturated carbocycles. The van der Waals surface area contributed by atoms with Crippen LogP contribution in [0.2, 0.25) is 0 Å². The van der Waals surface area contributed by atoms with Gasteiger partial charge in [-0.1, -0.05) is 18.2 Å². The number of anilines is 1. The van der Waals surface area contributed by atoms with Crippen LogP contribution in [0.25, 0.3) is 0 Å². The Morgan fingerprint density at radius 2 is 1.95 bits per heavy atom. The molecule has 2 aromatic rings. The fourth-order valence-corrected chi connectivity index (χ4v) is 3.10. The van der Waals surface area contributed by atoms with Crippen molar-refractivity contribution >= 4 is 15.7 Å². The third-order valence-corrected chi connectivity index (χ3v) is 4.15. The molecule has 21 heavy (non-hydrogen) atoms. The second-order valence-corrected chi connectivity index (χ2v) is 6.32. The van der Waals surface area contributed by atoms with Gasteiger partial charge in [-0.25, -0.2) is 12.8 Å². The lowest BCUT2D eigenvalue weighted by atomic mass is 10.1. The number of hydrogen-bond donors (Lipinski definition) is 1. The number of rotatable bonds is 4. The molecule has 0 heterocycles. The van der Waals surface area contributed by atoms with Gasteiger partial charge in [0.15, 0.2) is 0 Å². The molecule has 0 bridgehead atoms. The van der Waals surface area contributed by atoms with E-state index in [-0.39, 0.29) is 5.75 Å². The molecule has 0 aliphatic rings. The number of nitrogens with zero attached hydrogens (tertiary/aromatic N) is 1. The normalized spacial score (nSPS) is 10.9.